The zero-order valence-electron chi connectivity index (χ0n) is 32.4. The molecule has 52 heavy (non-hydrogen) atoms. The summed E-state index contributed by atoms with van der Waals surface area (Å²) in [6.45, 7) is 19.4. The smallest absolute Gasteiger partial charge is 0.338 e. The number of aliphatic hydroxyl groups excluding tert-OH is 1. The summed E-state index contributed by atoms with van der Waals surface area (Å²) in [4.78, 5) is 15.7. The van der Waals surface area contributed by atoms with Gasteiger partial charge < -0.3 is 19.5 Å². The van der Waals surface area contributed by atoms with Crippen molar-refractivity contribution in [3.05, 3.63) is 69.8 Å². The van der Waals surface area contributed by atoms with Crippen LogP contribution in [0, 0.1) is 23.2 Å². The predicted octanol–water partition coefficient (Wildman–Crippen LogP) is 8.84. The topological polar surface area (TPSA) is 96.4 Å². The summed E-state index contributed by atoms with van der Waals surface area (Å²) in [7, 11) is -2.96. The average molecular weight is 793 g/mol. The summed E-state index contributed by atoms with van der Waals surface area (Å²) in [5.74, 6) is 0.657. The van der Waals surface area contributed by atoms with Crippen molar-refractivity contribution in [3.63, 3.8) is 0 Å². The van der Waals surface area contributed by atoms with E-state index in [0.29, 0.717) is 25.3 Å². The SMILES string of the molecule is CPN(PC)S(=O)(=O)CC(C)(C)C(C)/C=C(\C)[C@@H](O)[C@@H]1CC[C@H]1CN1C[C@@]2(CCCc3cc(Cl)ccc32)COc2ccc(C(=O)OC(C)(C)C)cc21. The molecule has 0 radical (unpaired) electrons. The summed E-state index contributed by atoms with van der Waals surface area (Å²) < 4.78 is 40.3. The Bertz CT molecular complexity index is 1760. The fourth-order valence-electron chi connectivity index (χ4n) is 8.21. The molecule has 1 aliphatic heterocycles. The first kappa shape index (κ1) is 41.4. The maximum Gasteiger partial charge on any atom is 0.338 e. The normalized spacial score (nSPS) is 24.1. The Morgan fingerprint density at radius 2 is 1.87 bits per heavy atom. The van der Waals surface area contributed by atoms with Gasteiger partial charge in [-0.15, -0.1) is 0 Å². The van der Waals surface area contributed by atoms with E-state index in [-0.39, 0.29) is 52.4 Å². The molecule has 3 unspecified atom stereocenters. The van der Waals surface area contributed by atoms with E-state index in [9.17, 15) is 18.3 Å². The highest BCUT2D eigenvalue weighted by atomic mass is 35.5. The summed E-state index contributed by atoms with van der Waals surface area (Å²) in [5.41, 5.74) is 3.40. The Kier molecular flexibility index (Phi) is 12.9. The van der Waals surface area contributed by atoms with E-state index < -0.39 is 27.1 Å². The summed E-state index contributed by atoms with van der Waals surface area (Å²) >= 11 is 6.46. The van der Waals surface area contributed by atoms with Gasteiger partial charge in [0.05, 0.1) is 29.7 Å². The maximum atomic E-state index is 13.3. The average Bonchev–Trinajstić information content (AvgIpc) is 3.18. The van der Waals surface area contributed by atoms with Crippen molar-refractivity contribution in [2.45, 2.75) is 97.7 Å². The monoisotopic (exact) mass is 792 g/mol. The number of rotatable bonds is 12. The van der Waals surface area contributed by atoms with Crippen LogP contribution in [-0.2, 0) is 26.6 Å². The van der Waals surface area contributed by atoms with E-state index in [2.05, 4.69) is 30.0 Å². The minimum absolute atomic E-state index is 0.0571. The number of esters is 1. The van der Waals surface area contributed by atoms with E-state index in [4.69, 9.17) is 21.1 Å². The summed E-state index contributed by atoms with van der Waals surface area (Å²) in [6.07, 6.45) is 6.33. The number of hydrogen-bond acceptors (Lipinski definition) is 7. The van der Waals surface area contributed by atoms with Gasteiger partial charge in [0.25, 0.3) is 0 Å². The van der Waals surface area contributed by atoms with Crippen LogP contribution in [0.25, 0.3) is 0 Å². The van der Waals surface area contributed by atoms with E-state index >= 15 is 0 Å². The highest BCUT2D eigenvalue weighted by Crippen LogP contribution is 2.47. The number of sulfonamides is 1. The number of fused-ring (bicyclic) bond motifs is 3. The van der Waals surface area contributed by atoms with Crippen molar-refractivity contribution in [1.82, 2.24) is 3.85 Å². The zero-order valence-corrected chi connectivity index (χ0v) is 36.0. The second kappa shape index (κ2) is 16.2. The van der Waals surface area contributed by atoms with Gasteiger partial charge in [-0.25, -0.2) is 13.2 Å². The van der Waals surface area contributed by atoms with Crippen molar-refractivity contribution < 1.29 is 27.8 Å². The molecule has 5 rings (SSSR count). The van der Waals surface area contributed by atoms with Crippen LogP contribution in [0.3, 0.4) is 0 Å². The molecule has 0 saturated heterocycles. The van der Waals surface area contributed by atoms with Gasteiger partial charge in [0.2, 0.25) is 10.0 Å². The Balaban J connectivity index is 1.42. The molecule has 1 fully saturated rings. The first-order valence-corrected chi connectivity index (χ1v) is 23.5. The van der Waals surface area contributed by atoms with Crippen LogP contribution in [0.4, 0.5) is 5.69 Å². The van der Waals surface area contributed by atoms with Gasteiger partial charge in [-0.2, -0.15) is 3.85 Å². The zero-order chi connectivity index (χ0) is 38.2. The third-order valence-corrected chi connectivity index (χ3v) is 18.3. The van der Waals surface area contributed by atoms with Crippen LogP contribution in [0.1, 0.15) is 95.6 Å². The third-order valence-electron chi connectivity index (χ3n) is 11.5. The second-order valence-corrected chi connectivity index (χ2v) is 22.0. The first-order chi connectivity index (χ1) is 24.3. The van der Waals surface area contributed by atoms with Crippen molar-refractivity contribution in [3.8, 4) is 5.75 Å². The van der Waals surface area contributed by atoms with Crippen molar-refractivity contribution in [2.75, 3.05) is 43.7 Å². The fourth-order valence-corrected chi connectivity index (χ4v) is 13.2. The van der Waals surface area contributed by atoms with Gasteiger partial charge in [0.1, 0.15) is 11.4 Å². The first-order valence-electron chi connectivity index (χ1n) is 18.6. The number of benzene rings is 2. The fraction of sp³-hybridized carbons (Fsp3) is 0.625. The van der Waals surface area contributed by atoms with Crippen LogP contribution in [0.15, 0.2) is 48.0 Å². The number of halogens is 1. The molecular formula is C40H59ClN2O6P2S. The number of ether oxygens (including phenoxy) is 2. The third kappa shape index (κ3) is 9.20. The Morgan fingerprint density at radius 3 is 2.50 bits per heavy atom. The summed E-state index contributed by atoms with van der Waals surface area (Å²) in [6, 6.07) is 11.8. The lowest BCUT2D eigenvalue weighted by molar-refractivity contribution is 0.00694. The molecule has 0 aromatic heterocycles. The molecule has 12 heteroatoms. The Labute approximate surface area is 321 Å². The second-order valence-electron chi connectivity index (χ2n) is 16.9. The number of aryl methyl sites for hydroxylation is 1. The van der Waals surface area contributed by atoms with Gasteiger partial charge >= 0.3 is 5.97 Å². The molecule has 2 aromatic rings. The molecule has 0 amide bonds. The summed E-state index contributed by atoms with van der Waals surface area (Å²) in [5, 5.41) is 12.6. The van der Waals surface area contributed by atoms with Gasteiger partial charge in [-0.05, 0) is 161 Å². The minimum Gasteiger partial charge on any atom is -0.490 e. The maximum absolute atomic E-state index is 13.3. The molecule has 1 spiro atoms. The van der Waals surface area contributed by atoms with Gasteiger partial charge in [-0.1, -0.05) is 44.5 Å². The molecule has 288 valence electrons. The van der Waals surface area contributed by atoms with E-state index in [1.807, 2.05) is 73.1 Å². The van der Waals surface area contributed by atoms with Crippen molar-refractivity contribution >= 4 is 50.7 Å². The van der Waals surface area contributed by atoms with Crippen molar-refractivity contribution in [2.24, 2.45) is 23.2 Å². The van der Waals surface area contributed by atoms with E-state index in [0.717, 1.165) is 54.1 Å². The Hall–Kier alpha value is -1.73. The molecule has 7 atom stereocenters. The highest BCUT2D eigenvalue weighted by Gasteiger charge is 2.45. The van der Waals surface area contributed by atoms with E-state index in [1.54, 1.807) is 9.91 Å². The van der Waals surface area contributed by atoms with Gasteiger partial charge in [-0.3, -0.25) is 0 Å². The molecule has 8 nitrogen and oxygen atoms in total. The number of hydrogen-bond donors (Lipinski definition) is 1. The van der Waals surface area contributed by atoms with Crippen LogP contribution < -0.4 is 9.64 Å². The highest BCUT2D eigenvalue weighted by molar-refractivity contribution is 7.97. The van der Waals surface area contributed by atoms with Crippen LogP contribution in [0.2, 0.25) is 5.02 Å². The minimum atomic E-state index is -3.38. The molecule has 2 aromatic carbocycles. The lowest BCUT2D eigenvalue weighted by Crippen LogP contribution is -2.49. The standard InChI is InChI=1S/C40H59ClN2O6P2S/c1-26(19-27(2)39(6,7)25-52(46,47)43(50-8)51-9)36(44)32-15-12-30(32)22-42-23-40(18-10-11-28-20-31(41)14-16-33(28)40)24-48-35-17-13-29(21-34(35)42)37(45)49-38(3,4)5/h13-14,16-17,19-21,27,30,32,36,44,50-51H,10-12,15,18,22-25H2,1-9H3/b26-19+/t27?,30-,32+,36+,40-/m0/s1. The molecule has 3 aliphatic rings. The molecule has 0 bridgehead atoms. The van der Waals surface area contributed by atoms with Crippen LogP contribution in [0.5, 0.6) is 5.75 Å². The van der Waals surface area contributed by atoms with Crippen LogP contribution >= 0.6 is 29.1 Å². The quantitative estimate of drug-likeness (QED) is 0.130. The molecule has 2 aliphatic carbocycles. The molecule has 1 N–H and O–H groups in total. The Morgan fingerprint density at radius 1 is 1.15 bits per heavy atom. The number of carbonyl (C=O) groups excluding carboxylic acids is 1. The largest absolute Gasteiger partial charge is 0.490 e. The number of allylic oxidation sites excluding steroid dienone is 1. The number of anilines is 1. The van der Waals surface area contributed by atoms with Gasteiger partial charge in [0.15, 0.2) is 0 Å². The van der Waals surface area contributed by atoms with Crippen LogP contribution in [-0.4, -0.2) is 73.8 Å². The molecular weight excluding hydrogens is 734 g/mol. The predicted molar refractivity (Wildman–Crippen MR) is 218 cm³/mol. The lowest BCUT2D eigenvalue weighted by atomic mass is 9.67. The van der Waals surface area contributed by atoms with Gasteiger partial charge in [0, 0.05) is 23.5 Å². The van der Waals surface area contributed by atoms with Crippen molar-refractivity contribution in [1.29, 1.82) is 0 Å². The van der Waals surface area contributed by atoms with E-state index in [1.165, 1.54) is 11.1 Å². The number of carbonyl (C=O) groups is 1. The number of nitrogens with zero attached hydrogens (tertiary/aromatic N) is 2. The molecule has 1 saturated carbocycles. The lowest BCUT2D eigenvalue weighted by Gasteiger charge is -2.46. The number of aliphatic hydroxyl groups is 1. The molecule has 1 heterocycles.